The summed E-state index contributed by atoms with van der Waals surface area (Å²) < 4.78 is 13.1. The molecule has 11 heteroatoms. The predicted molar refractivity (Wildman–Crippen MR) is 213 cm³/mol. The Balaban J connectivity index is 1.29. The maximum absolute atomic E-state index is 12.8. The molecule has 1 aliphatic rings. The van der Waals surface area contributed by atoms with Gasteiger partial charge in [0, 0.05) is 19.3 Å². The number of nitrogens with zero attached hydrogens (tertiary/aromatic N) is 3. The predicted octanol–water partition coefficient (Wildman–Crippen LogP) is 10.2. The molecule has 1 fully saturated rings. The van der Waals surface area contributed by atoms with Gasteiger partial charge in [0.15, 0.2) is 11.2 Å². The normalized spacial score (nSPS) is 17.2. The van der Waals surface area contributed by atoms with Crippen LogP contribution in [-0.4, -0.2) is 55.3 Å². The lowest BCUT2D eigenvalue weighted by Crippen LogP contribution is -2.28. The van der Waals surface area contributed by atoms with Crippen molar-refractivity contribution in [3.8, 4) is 0 Å². The van der Waals surface area contributed by atoms with Crippen LogP contribution in [0.3, 0.4) is 0 Å². The second-order valence-corrected chi connectivity index (χ2v) is 15.4. The van der Waals surface area contributed by atoms with E-state index in [0.29, 0.717) is 12.8 Å². The first-order valence-electron chi connectivity index (χ1n) is 21.7. The maximum Gasteiger partial charge on any atom is 0.305 e. The molecule has 0 aliphatic carbocycles. The molecular formula is C42H73N5O6. The van der Waals surface area contributed by atoms with Crippen molar-refractivity contribution in [2.45, 2.75) is 218 Å². The number of aromatic nitrogens is 4. The lowest BCUT2D eigenvalue weighted by atomic mass is 10.0. The Morgan fingerprint density at radius 1 is 0.774 bits per heavy atom. The number of carbonyl (C=O) groups excluding carboxylic acids is 2. The minimum atomic E-state index is -0.858. The van der Waals surface area contributed by atoms with Crippen molar-refractivity contribution >= 4 is 29.0 Å². The molecule has 1 saturated heterocycles. The molecule has 1 amide bonds. The van der Waals surface area contributed by atoms with Gasteiger partial charge in [0.05, 0.1) is 12.4 Å². The minimum Gasteiger partial charge on any atom is -0.463 e. The van der Waals surface area contributed by atoms with Gasteiger partial charge < -0.3 is 14.6 Å². The number of esters is 1. The van der Waals surface area contributed by atoms with Crippen LogP contribution in [0.1, 0.15) is 206 Å². The van der Waals surface area contributed by atoms with Crippen LogP contribution in [0.25, 0.3) is 11.2 Å². The molecule has 3 heterocycles. The number of hydrogen-bond acceptors (Lipinski definition) is 8. The molecule has 3 rings (SSSR count). The summed E-state index contributed by atoms with van der Waals surface area (Å²) in [6.07, 6.45) is 32.5. The van der Waals surface area contributed by atoms with Gasteiger partial charge in [0.2, 0.25) is 11.9 Å². The van der Waals surface area contributed by atoms with E-state index in [4.69, 9.17) is 9.47 Å². The van der Waals surface area contributed by atoms with Crippen LogP contribution in [0.2, 0.25) is 0 Å². The number of rotatable bonds is 32. The van der Waals surface area contributed by atoms with Gasteiger partial charge in [-0.1, -0.05) is 168 Å². The minimum absolute atomic E-state index is 0.0455. The number of aromatic amines is 1. The Bertz CT molecular complexity index is 1330. The second kappa shape index (κ2) is 27.7. The summed E-state index contributed by atoms with van der Waals surface area (Å²) in [5.41, 5.74) is -0.102. The van der Waals surface area contributed by atoms with Gasteiger partial charge in [-0.2, -0.15) is 4.98 Å². The number of aliphatic hydroxyl groups excluding tert-OH is 1. The first-order chi connectivity index (χ1) is 25.9. The van der Waals surface area contributed by atoms with Crippen molar-refractivity contribution in [1.29, 1.82) is 0 Å². The third-order valence-electron chi connectivity index (χ3n) is 10.6. The summed E-state index contributed by atoms with van der Waals surface area (Å²) in [5, 5.41) is 13.4. The summed E-state index contributed by atoms with van der Waals surface area (Å²) >= 11 is 0. The molecule has 11 nitrogen and oxygen atoms in total. The highest BCUT2D eigenvalue weighted by molar-refractivity contribution is 5.89. The van der Waals surface area contributed by atoms with Gasteiger partial charge >= 0.3 is 5.97 Å². The molecule has 302 valence electrons. The van der Waals surface area contributed by atoms with Crippen molar-refractivity contribution in [3.63, 3.8) is 0 Å². The molecule has 0 aromatic carbocycles. The summed E-state index contributed by atoms with van der Waals surface area (Å²) in [6.45, 7) is 4.46. The Labute approximate surface area is 319 Å². The summed E-state index contributed by atoms with van der Waals surface area (Å²) in [4.78, 5) is 49.1. The standard InChI is InChI=1S/C42H73N5O6/c1-3-5-7-9-11-13-15-17-19-21-23-25-27-29-36(49)44-42-45-40-39(41(51)46-42)43-33-47(40)37-31-34(48)35(53-37)32-52-38(50)30-28-26-24-22-20-18-16-14-12-10-8-6-4-2/h33-35,37,48H,3-32H2,1-2H3,(H2,44,45,46,49,51)/t34-,35+,37+/m0/s1. The van der Waals surface area contributed by atoms with E-state index in [-0.39, 0.29) is 42.0 Å². The summed E-state index contributed by atoms with van der Waals surface area (Å²) in [6, 6.07) is 0. The number of aliphatic hydroxyl groups is 1. The number of nitrogens with one attached hydrogen (secondary N) is 2. The largest absolute Gasteiger partial charge is 0.463 e. The molecule has 1 aliphatic heterocycles. The third kappa shape index (κ3) is 18.4. The van der Waals surface area contributed by atoms with Gasteiger partial charge in [0.25, 0.3) is 5.56 Å². The molecule has 0 radical (unpaired) electrons. The molecule has 0 spiro atoms. The molecule has 53 heavy (non-hydrogen) atoms. The van der Waals surface area contributed by atoms with Crippen LogP contribution >= 0.6 is 0 Å². The topological polar surface area (TPSA) is 148 Å². The van der Waals surface area contributed by atoms with Crippen LogP contribution in [0.15, 0.2) is 11.1 Å². The molecule has 0 unspecified atom stereocenters. The van der Waals surface area contributed by atoms with Crippen molar-refractivity contribution < 1.29 is 24.2 Å². The average Bonchev–Trinajstić information content (AvgIpc) is 3.74. The molecule has 0 saturated carbocycles. The first kappa shape index (κ1) is 44.6. The molecule has 0 bridgehead atoms. The highest BCUT2D eigenvalue weighted by Gasteiger charge is 2.37. The zero-order chi connectivity index (χ0) is 37.9. The number of imidazole rings is 1. The monoisotopic (exact) mass is 744 g/mol. The van der Waals surface area contributed by atoms with Crippen LogP contribution in [0.5, 0.6) is 0 Å². The van der Waals surface area contributed by atoms with Crippen LogP contribution < -0.4 is 10.9 Å². The lowest BCUT2D eigenvalue weighted by molar-refractivity contribution is -0.150. The van der Waals surface area contributed by atoms with E-state index in [1.54, 1.807) is 4.57 Å². The molecule has 2 aromatic heterocycles. The number of carbonyl (C=O) groups is 2. The Morgan fingerprint density at radius 3 is 1.75 bits per heavy atom. The van der Waals surface area contributed by atoms with Crippen LogP contribution in [-0.2, 0) is 19.1 Å². The second-order valence-electron chi connectivity index (χ2n) is 15.4. The number of unbranched alkanes of at least 4 members (excludes halogenated alkanes) is 24. The Hall–Kier alpha value is -2.79. The van der Waals surface area contributed by atoms with Crippen molar-refractivity contribution in [2.24, 2.45) is 0 Å². The number of anilines is 1. The zero-order valence-electron chi connectivity index (χ0n) is 33.4. The Morgan fingerprint density at radius 2 is 1.25 bits per heavy atom. The maximum atomic E-state index is 12.8. The van der Waals surface area contributed by atoms with E-state index in [1.165, 1.54) is 135 Å². The van der Waals surface area contributed by atoms with Crippen LogP contribution in [0, 0.1) is 0 Å². The fraction of sp³-hybridized carbons (Fsp3) is 0.833. The summed E-state index contributed by atoms with van der Waals surface area (Å²) in [7, 11) is 0. The lowest BCUT2D eigenvalue weighted by Gasteiger charge is -2.16. The number of amides is 1. The fourth-order valence-electron chi connectivity index (χ4n) is 7.26. The van der Waals surface area contributed by atoms with Crippen molar-refractivity contribution in [3.05, 3.63) is 16.7 Å². The highest BCUT2D eigenvalue weighted by atomic mass is 16.6. The van der Waals surface area contributed by atoms with E-state index >= 15 is 0 Å². The zero-order valence-corrected chi connectivity index (χ0v) is 33.4. The quantitative estimate of drug-likeness (QED) is 0.0495. The van der Waals surface area contributed by atoms with E-state index in [1.807, 2.05) is 0 Å². The van der Waals surface area contributed by atoms with Crippen molar-refractivity contribution in [2.75, 3.05) is 11.9 Å². The van der Waals surface area contributed by atoms with E-state index in [0.717, 1.165) is 38.5 Å². The van der Waals surface area contributed by atoms with Gasteiger partial charge in [-0.05, 0) is 12.8 Å². The fourth-order valence-corrected chi connectivity index (χ4v) is 7.26. The number of fused-ring (bicyclic) bond motifs is 1. The molecule has 2 aromatic rings. The SMILES string of the molecule is CCCCCCCCCCCCCCCC(=O)Nc1nc2c(ncn2[C@H]2C[C@H](O)[C@@H](COC(=O)CCCCCCCCCCCCCCC)O2)c(=O)[nH]1. The summed E-state index contributed by atoms with van der Waals surface area (Å²) in [5.74, 6) is -0.427. The van der Waals surface area contributed by atoms with Gasteiger partial charge in [-0.15, -0.1) is 0 Å². The third-order valence-corrected chi connectivity index (χ3v) is 10.6. The van der Waals surface area contributed by atoms with Crippen LogP contribution in [0.4, 0.5) is 5.95 Å². The number of hydrogen-bond donors (Lipinski definition) is 3. The van der Waals surface area contributed by atoms with Crippen molar-refractivity contribution in [1.82, 2.24) is 19.5 Å². The molecule has 3 atom stereocenters. The Kier molecular flexibility index (Phi) is 23.3. The first-order valence-corrected chi connectivity index (χ1v) is 21.7. The van der Waals surface area contributed by atoms with Gasteiger partial charge in [-0.25, -0.2) is 4.98 Å². The number of ether oxygens (including phenoxy) is 2. The van der Waals surface area contributed by atoms with Gasteiger partial charge in [0.1, 0.15) is 18.9 Å². The smallest absolute Gasteiger partial charge is 0.305 e. The van der Waals surface area contributed by atoms with Gasteiger partial charge in [-0.3, -0.25) is 29.3 Å². The molecular weight excluding hydrogens is 670 g/mol. The highest BCUT2D eigenvalue weighted by Crippen LogP contribution is 2.31. The van der Waals surface area contributed by atoms with E-state index < -0.39 is 24.0 Å². The van der Waals surface area contributed by atoms with E-state index in [2.05, 4.69) is 34.1 Å². The average molecular weight is 744 g/mol. The van der Waals surface area contributed by atoms with E-state index in [9.17, 15) is 19.5 Å². The molecule has 3 N–H and O–H groups in total. The number of H-pyrrole nitrogens is 1.